The molecule has 0 radical (unpaired) electrons. The molecule has 0 spiro atoms. The molecular weight excluding hydrogens is 268 g/mol. The smallest absolute Gasteiger partial charge is 0.329 e. The molecule has 102 valence electrons. The summed E-state index contributed by atoms with van der Waals surface area (Å²) in [7, 11) is 0. The number of likely N-dealkylation sites (tertiary alicyclic amines) is 1. The Morgan fingerprint density at radius 3 is 2.58 bits per heavy atom. The topological polar surface area (TPSA) is 69.6 Å². The number of urea groups is 1. The normalized spacial score (nSPS) is 22.3. The number of carboxylic acid groups (broad SMARTS) is 1. The monoisotopic (exact) mass is 282 g/mol. The van der Waals surface area contributed by atoms with Crippen molar-refractivity contribution < 1.29 is 14.7 Å². The number of anilines is 1. The Morgan fingerprint density at radius 1 is 1.37 bits per heavy atom. The number of nitrogens with zero attached hydrogens (tertiary/aromatic N) is 1. The van der Waals surface area contributed by atoms with Crippen molar-refractivity contribution in [3.05, 3.63) is 29.3 Å². The summed E-state index contributed by atoms with van der Waals surface area (Å²) in [5, 5.41) is 12.5. The van der Waals surface area contributed by atoms with Gasteiger partial charge in [-0.2, -0.15) is 0 Å². The zero-order valence-electron chi connectivity index (χ0n) is 10.5. The van der Waals surface area contributed by atoms with Crippen molar-refractivity contribution in [2.45, 2.75) is 25.3 Å². The van der Waals surface area contributed by atoms with E-state index in [-0.39, 0.29) is 0 Å². The molecular formula is C13H15ClN2O3. The van der Waals surface area contributed by atoms with E-state index in [2.05, 4.69) is 5.32 Å². The van der Waals surface area contributed by atoms with Gasteiger partial charge in [-0.25, -0.2) is 9.59 Å². The Balaban J connectivity index is 2.11. The molecule has 0 bridgehead atoms. The van der Waals surface area contributed by atoms with Gasteiger partial charge < -0.3 is 15.3 Å². The molecule has 0 aliphatic carbocycles. The van der Waals surface area contributed by atoms with Crippen LogP contribution in [0, 0.1) is 0 Å². The first-order valence-corrected chi connectivity index (χ1v) is 6.39. The average molecular weight is 283 g/mol. The zero-order valence-corrected chi connectivity index (χ0v) is 11.3. The summed E-state index contributed by atoms with van der Waals surface area (Å²) in [5.41, 5.74) is -0.537. The summed E-state index contributed by atoms with van der Waals surface area (Å²) < 4.78 is 0. The van der Waals surface area contributed by atoms with Crippen LogP contribution in [-0.4, -0.2) is 34.1 Å². The van der Waals surface area contributed by atoms with Gasteiger partial charge in [0.2, 0.25) is 0 Å². The quantitative estimate of drug-likeness (QED) is 0.876. The fourth-order valence-corrected chi connectivity index (χ4v) is 2.36. The van der Waals surface area contributed by atoms with Gasteiger partial charge in [-0.3, -0.25) is 0 Å². The maximum atomic E-state index is 12.1. The Hall–Kier alpha value is -1.75. The molecule has 1 heterocycles. The second-order valence-electron chi connectivity index (χ2n) is 4.77. The summed E-state index contributed by atoms with van der Waals surface area (Å²) in [5.74, 6) is -0.976. The molecule has 0 aromatic heterocycles. The second kappa shape index (κ2) is 5.09. The van der Waals surface area contributed by atoms with Crippen molar-refractivity contribution in [2.24, 2.45) is 0 Å². The number of amides is 2. The third-order valence-corrected chi connectivity index (χ3v) is 3.69. The second-order valence-corrected chi connectivity index (χ2v) is 5.21. The summed E-state index contributed by atoms with van der Waals surface area (Å²) in [4.78, 5) is 24.8. The van der Waals surface area contributed by atoms with Crippen LogP contribution in [0.3, 0.4) is 0 Å². The van der Waals surface area contributed by atoms with Crippen molar-refractivity contribution in [3.63, 3.8) is 0 Å². The third-order valence-electron chi connectivity index (χ3n) is 3.44. The Bertz CT molecular complexity index is 503. The molecule has 1 aromatic rings. The molecule has 1 saturated heterocycles. The van der Waals surface area contributed by atoms with E-state index in [0.717, 1.165) is 0 Å². The number of aliphatic carboxylic acids is 1. The lowest BCUT2D eigenvalue weighted by Gasteiger charge is -2.31. The molecule has 1 aliphatic heterocycles. The van der Waals surface area contributed by atoms with Gasteiger partial charge in [0.1, 0.15) is 5.54 Å². The molecule has 19 heavy (non-hydrogen) atoms. The predicted octanol–water partition coefficient (Wildman–Crippen LogP) is 2.81. The Labute approximate surface area is 116 Å². The van der Waals surface area contributed by atoms with Gasteiger partial charge in [0.15, 0.2) is 0 Å². The number of benzene rings is 1. The molecule has 1 atom stereocenters. The molecule has 2 amide bonds. The summed E-state index contributed by atoms with van der Waals surface area (Å²) in [6.07, 6.45) is 1.16. The minimum Gasteiger partial charge on any atom is -0.480 e. The lowest BCUT2D eigenvalue weighted by molar-refractivity contribution is -0.146. The lowest BCUT2D eigenvalue weighted by atomic mass is 10.00. The van der Waals surface area contributed by atoms with E-state index in [1.165, 1.54) is 4.90 Å². The van der Waals surface area contributed by atoms with Crippen LogP contribution >= 0.6 is 11.6 Å². The van der Waals surface area contributed by atoms with Crippen molar-refractivity contribution in [1.82, 2.24) is 4.90 Å². The van der Waals surface area contributed by atoms with Crippen molar-refractivity contribution >= 4 is 29.3 Å². The third kappa shape index (κ3) is 2.66. The standard InChI is InChI=1S/C13H15ClN2O3/c1-13(11(17)18)7-2-8-16(13)12(19)15-10-5-3-9(14)4-6-10/h3-6H,2,7-8H2,1H3,(H,15,19)(H,17,18). The first kappa shape index (κ1) is 13.7. The van der Waals surface area contributed by atoms with E-state index >= 15 is 0 Å². The van der Waals surface area contributed by atoms with E-state index < -0.39 is 17.5 Å². The number of carbonyl (C=O) groups excluding carboxylic acids is 1. The number of nitrogens with one attached hydrogen (secondary N) is 1. The van der Waals surface area contributed by atoms with Crippen LogP contribution in [0.2, 0.25) is 5.02 Å². The number of halogens is 1. The summed E-state index contributed by atoms with van der Waals surface area (Å²) in [6, 6.07) is 6.28. The molecule has 6 heteroatoms. The number of carboxylic acids is 1. The SMILES string of the molecule is CC1(C(=O)O)CCCN1C(=O)Nc1ccc(Cl)cc1. The maximum Gasteiger partial charge on any atom is 0.329 e. The van der Waals surface area contributed by atoms with E-state index in [0.29, 0.717) is 30.1 Å². The Kier molecular flexibility index (Phi) is 3.66. The molecule has 2 N–H and O–H groups in total. The summed E-state index contributed by atoms with van der Waals surface area (Å²) >= 11 is 5.76. The van der Waals surface area contributed by atoms with E-state index in [1.54, 1.807) is 31.2 Å². The van der Waals surface area contributed by atoms with Gasteiger partial charge in [0.25, 0.3) is 0 Å². The fraction of sp³-hybridized carbons (Fsp3) is 0.385. The van der Waals surface area contributed by atoms with Crippen LogP contribution in [0.15, 0.2) is 24.3 Å². The molecule has 1 aliphatic rings. The van der Waals surface area contributed by atoms with Crippen molar-refractivity contribution in [1.29, 1.82) is 0 Å². The minimum atomic E-state index is -1.13. The van der Waals surface area contributed by atoms with E-state index in [9.17, 15) is 14.7 Å². The average Bonchev–Trinajstić information content (AvgIpc) is 2.76. The van der Waals surface area contributed by atoms with Gasteiger partial charge in [-0.15, -0.1) is 0 Å². The largest absolute Gasteiger partial charge is 0.480 e. The van der Waals surface area contributed by atoms with Crippen molar-refractivity contribution in [2.75, 3.05) is 11.9 Å². The highest BCUT2D eigenvalue weighted by Crippen LogP contribution is 2.30. The Morgan fingerprint density at radius 2 is 2.00 bits per heavy atom. The number of hydrogen-bond donors (Lipinski definition) is 2. The lowest BCUT2D eigenvalue weighted by Crippen LogP contribution is -2.52. The van der Waals surface area contributed by atoms with E-state index in [4.69, 9.17) is 11.6 Å². The number of hydrogen-bond acceptors (Lipinski definition) is 2. The number of carbonyl (C=O) groups is 2. The van der Waals surface area contributed by atoms with Crippen LogP contribution in [0.1, 0.15) is 19.8 Å². The van der Waals surface area contributed by atoms with Crippen LogP contribution < -0.4 is 5.32 Å². The van der Waals surface area contributed by atoms with Gasteiger partial charge in [-0.05, 0) is 44.0 Å². The van der Waals surface area contributed by atoms with Crippen LogP contribution in [0.5, 0.6) is 0 Å². The fourth-order valence-electron chi connectivity index (χ4n) is 2.24. The van der Waals surface area contributed by atoms with Crippen LogP contribution in [-0.2, 0) is 4.79 Å². The molecule has 1 unspecified atom stereocenters. The van der Waals surface area contributed by atoms with Crippen LogP contribution in [0.4, 0.5) is 10.5 Å². The molecule has 2 rings (SSSR count). The van der Waals surface area contributed by atoms with Crippen LogP contribution in [0.25, 0.3) is 0 Å². The van der Waals surface area contributed by atoms with Crippen molar-refractivity contribution in [3.8, 4) is 0 Å². The first-order chi connectivity index (χ1) is 8.93. The minimum absolute atomic E-state index is 0.398. The zero-order chi connectivity index (χ0) is 14.0. The first-order valence-electron chi connectivity index (χ1n) is 6.01. The summed E-state index contributed by atoms with van der Waals surface area (Å²) in [6.45, 7) is 2.02. The molecule has 1 aromatic carbocycles. The van der Waals surface area contributed by atoms with E-state index in [1.807, 2.05) is 0 Å². The maximum absolute atomic E-state index is 12.1. The highest BCUT2D eigenvalue weighted by molar-refractivity contribution is 6.30. The molecule has 0 saturated carbocycles. The predicted molar refractivity (Wildman–Crippen MR) is 72.5 cm³/mol. The highest BCUT2D eigenvalue weighted by atomic mass is 35.5. The van der Waals surface area contributed by atoms with Gasteiger partial charge >= 0.3 is 12.0 Å². The van der Waals surface area contributed by atoms with Gasteiger partial charge in [0, 0.05) is 17.3 Å². The van der Waals surface area contributed by atoms with Gasteiger partial charge in [0.05, 0.1) is 0 Å². The molecule has 5 nitrogen and oxygen atoms in total. The van der Waals surface area contributed by atoms with Gasteiger partial charge in [-0.1, -0.05) is 11.6 Å². The molecule has 1 fully saturated rings. The highest BCUT2D eigenvalue weighted by Gasteiger charge is 2.45. The number of rotatable bonds is 2.